The molecule has 26 heavy (non-hydrogen) atoms. The van der Waals surface area contributed by atoms with E-state index in [-0.39, 0.29) is 17.9 Å². The molecule has 1 amide bonds. The summed E-state index contributed by atoms with van der Waals surface area (Å²) >= 11 is 0. The van der Waals surface area contributed by atoms with Crippen LogP contribution in [0, 0.1) is 5.92 Å². The molecule has 2 heterocycles. The highest BCUT2D eigenvalue weighted by molar-refractivity contribution is 5.79. The fourth-order valence-electron chi connectivity index (χ4n) is 3.94. The van der Waals surface area contributed by atoms with Crippen LogP contribution in [0.25, 0.3) is 0 Å². The van der Waals surface area contributed by atoms with Gasteiger partial charge in [0.05, 0.1) is 12.5 Å². The maximum absolute atomic E-state index is 12.5. The lowest BCUT2D eigenvalue weighted by Gasteiger charge is -2.33. The van der Waals surface area contributed by atoms with Crippen molar-refractivity contribution in [2.24, 2.45) is 5.92 Å². The highest BCUT2D eigenvalue weighted by atomic mass is 16.5. The van der Waals surface area contributed by atoms with E-state index in [1.54, 1.807) is 13.2 Å². The Balaban J connectivity index is 1.38. The number of carbonyl (C=O) groups is 1. The first-order valence-corrected chi connectivity index (χ1v) is 9.66. The number of hydrogen-bond acceptors (Lipinski definition) is 5. The van der Waals surface area contributed by atoms with Gasteiger partial charge in [0.2, 0.25) is 5.91 Å². The summed E-state index contributed by atoms with van der Waals surface area (Å²) in [5.41, 5.74) is 1.13. The van der Waals surface area contributed by atoms with Crippen molar-refractivity contribution in [2.45, 2.75) is 31.8 Å². The fraction of sp³-hybridized carbons (Fsp3) is 0.650. The third kappa shape index (κ3) is 5.43. The minimum atomic E-state index is 0.122. The van der Waals surface area contributed by atoms with E-state index in [0.29, 0.717) is 5.75 Å². The number of aromatic hydroxyl groups is 1. The highest BCUT2D eigenvalue weighted by Gasteiger charge is 2.30. The molecule has 0 radical (unpaired) electrons. The molecular weight excluding hydrogens is 330 g/mol. The van der Waals surface area contributed by atoms with E-state index in [1.165, 1.54) is 0 Å². The standard InChI is InChI=1S/C20H31N3O3/c1-26-12-11-23-8-5-17(15-23)20(25)21-18-6-9-22(10-7-18)14-16-3-2-4-19(24)13-16/h2-4,13,17-18,24H,5-12,14-15H2,1H3,(H,21,25)/t17-/m1/s1. The molecule has 0 saturated carbocycles. The predicted molar refractivity (Wildman–Crippen MR) is 101 cm³/mol. The molecule has 6 heteroatoms. The summed E-state index contributed by atoms with van der Waals surface area (Å²) in [4.78, 5) is 17.2. The number of nitrogens with zero attached hydrogens (tertiary/aromatic N) is 2. The second-order valence-electron chi connectivity index (χ2n) is 7.51. The molecule has 3 rings (SSSR count). The second kappa shape index (κ2) is 9.35. The van der Waals surface area contributed by atoms with Crippen LogP contribution in [0.2, 0.25) is 0 Å². The first-order valence-electron chi connectivity index (χ1n) is 9.66. The number of nitrogens with one attached hydrogen (secondary N) is 1. The molecule has 2 aliphatic heterocycles. The number of amides is 1. The lowest BCUT2D eigenvalue weighted by molar-refractivity contribution is -0.125. The van der Waals surface area contributed by atoms with Crippen LogP contribution in [0.15, 0.2) is 24.3 Å². The first-order chi connectivity index (χ1) is 12.6. The van der Waals surface area contributed by atoms with Gasteiger partial charge in [0, 0.05) is 45.9 Å². The molecule has 0 aliphatic carbocycles. The van der Waals surface area contributed by atoms with Gasteiger partial charge >= 0.3 is 0 Å². The van der Waals surface area contributed by atoms with Crippen molar-refractivity contribution >= 4 is 5.91 Å². The second-order valence-corrected chi connectivity index (χ2v) is 7.51. The van der Waals surface area contributed by atoms with Gasteiger partial charge in [-0.3, -0.25) is 9.69 Å². The highest BCUT2D eigenvalue weighted by Crippen LogP contribution is 2.19. The van der Waals surface area contributed by atoms with Crippen molar-refractivity contribution in [1.82, 2.24) is 15.1 Å². The van der Waals surface area contributed by atoms with Crippen molar-refractivity contribution in [3.63, 3.8) is 0 Å². The molecule has 144 valence electrons. The van der Waals surface area contributed by atoms with E-state index in [2.05, 4.69) is 15.1 Å². The van der Waals surface area contributed by atoms with Crippen LogP contribution < -0.4 is 5.32 Å². The molecule has 1 aromatic carbocycles. The third-order valence-corrected chi connectivity index (χ3v) is 5.51. The van der Waals surface area contributed by atoms with Gasteiger partial charge < -0.3 is 20.1 Å². The summed E-state index contributed by atoms with van der Waals surface area (Å²) in [6.07, 6.45) is 2.93. The van der Waals surface area contributed by atoms with Crippen LogP contribution in [0.1, 0.15) is 24.8 Å². The van der Waals surface area contributed by atoms with Crippen LogP contribution >= 0.6 is 0 Å². The molecule has 1 atom stereocenters. The Morgan fingerprint density at radius 1 is 1.23 bits per heavy atom. The van der Waals surface area contributed by atoms with Crippen molar-refractivity contribution in [1.29, 1.82) is 0 Å². The molecule has 0 spiro atoms. The normalized spacial score (nSPS) is 22.6. The third-order valence-electron chi connectivity index (χ3n) is 5.51. The summed E-state index contributed by atoms with van der Waals surface area (Å²) in [5, 5.41) is 12.8. The number of carbonyl (C=O) groups excluding carboxylic acids is 1. The Morgan fingerprint density at radius 2 is 2.00 bits per heavy atom. The fourth-order valence-corrected chi connectivity index (χ4v) is 3.94. The molecule has 0 aromatic heterocycles. The zero-order valence-corrected chi connectivity index (χ0v) is 15.7. The van der Waals surface area contributed by atoms with Gasteiger partial charge in [0.25, 0.3) is 0 Å². The average molecular weight is 361 g/mol. The largest absolute Gasteiger partial charge is 0.508 e. The maximum Gasteiger partial charge on any atom is 0.224 e. The van der Waals surface area contributed by atoms with E-state index < -0.39 is 0 Å². The van der Waals surface area contributed by atoms with Crippen molar-refractivity contribution < 1.29 is 14.6 Å². The predicted octanol–water partition coefficient (Wildman–Crippen LogP) is 1.44. The number of phenols is 1. The summed E-state index contributed by atoms with van der Waals surface area (Å²) in [6, 6.07) is 7.74. The minimum Gasteiger partial charge on any atom is -0.508 e. The maximum atomic E-state index is 12.5. The topological polar surface area (TPSA) is 65.0 Å². The van der Waals surface area contributed by atoms with Crippen molar-refractivity contribution in [3.8, 4) is 5.75 Å². The zero-order valence-electron chi connectivity index (χ0n) is 15.7. The van der Waals surface area contributed by atoms with Crippen molar-refractivity contribution in [3.05, 3.63) is 29.8 Å². The van der Waals surface area contributed by atoms with Crippen LogP contribution in [-0.2, 0) is 16.1 Å². The van der Waals surface area contributed by atoms with Gasteiger partial charge in [0.1, 0.15) is 5.75 Å². The van der Waals surface area contributed by atoms with Gasteiger partial charge in [0.15, 0.2) is 0 Å². The van der Waals surface area contributed by atoms with E-state index in [4.69, 9.17) is 4.74 Å². The molecule has 2 fully saturated rings. The number of benzene rings is 1. The lowest BCUT2D eigenvalue weighted by atomic mass is 10.0. The van der Waals surface area contributed by atoms with Gasteiger partial charge in [-0.25, -0.2) is 0 Å². The molecule has 2 N–H and O–H groups in total. The van der Waals surface area contributed by atoms with Gasteiger partial charge in [-0.15, -0.1) is 0 Å². The van der Waals surface area contributed by atoms with Gasteiger partial charge in [-0.1, -0.05) is 12.1 Å². The quantitative estimate of drug-likeness (QED) is 0.769. The zero-order chi connectivity index (χ0) is 18.4. The summed E-state index contributed by atoms with van der Waals surface area (Å²) in [7, 11) is 1.72. The molecular formula is C20H31N3O3. The van der Waals surface area contributed by atoms with E-state index >= 15 is 0 Å². The van der Waals surface area contributed by atoms with Crippen LogP contribution in [0.3, 0.4) is 0 Å². The molecule has 0 unspecified atom stereocenters. The summed E-state index contributed by atoms with van der Waals surface area (Å²) in [5.74, 6) is 0.661. The number of methoxy groups -OCH3 is 1. The lowest BCUT2D eigenvalue weighted by Crippen LogP contribution is -2.46. The van der Waals surface area contributed by atoms with E-state index in [9.17, 15) is 9.90 Å². The Hall–Kier alpha value is -1.63. The van der Waals surface area contributed by atoms with Gasteiger partial charge in [-0.05, 0) is 43.5 Å². The Labute approximate surface area is 156 Å². The first kappa shape index (κ1) is 19.1. The molecule has 0 bridgehead atoms. The summed E-state index contributed by atoms with van der Waals surface area (Å²) in [6.45, 7) is 6.29. The Kier molecular flexibility index (Phi) is 6.88. The van der Waals surface area contributed by atoms with E-state index in [0.717, 1.165) is 70.7 Å². The van der Waals surface area contributed by atoms with Gasteiger partial charge in [-0.2, -0.15) is 0 Å². The minimum absolute atomic E-state index is 0.122. The number of hydrogen-bond donors (Lipinski definition) is 2. The monoisotopic (exact) mass is 361 g/mol. The van der Waals surface area contributed by atoms with E-state index in [1.807, 2.05) is 18.2 Å². The average Bonchev–Trinajstić information content (AvgIpc) is 3.11. The Bertz CT molecular complexity index is 587. The number of likely N-dealkylation sites (tertiary alicyclic amines) is 2. The Morgan fingerprint density at radius 3 is 2.73 bits per heavy atom. The molecule has 2 aliphatic rings. The molecule has 1 aromatic rings. The van der Waals surface area contributed by atoms with Crippen LogP contribution in [0.5, 0.6) is 5.75 Å². The summed E-state index contributed by atoms with van der Waals surface area (Å²) < 4.78 is 5.12. The van der Waals surface area contributed by atoms with Crippen LogP contribution in [-0.4, -0.2) is 73.3 Å². The number of rotatable bonds is 7. The number of piperidine rings is 1. The van der Waals surface area contributed by atoms with Crippen molar-refractivity contribution in [2.75, 3.05) is 46.4 Å². The molecule has 2 saturated heterocycles. The SMILES string of the molecule is COCCN1CC[C@@H](C(=O)NC2CCN(Cc3cccc(O)c3)CC2)C1. The number of phenolic OH excluding ortho intramolecular Hbond substituents is 1. The van der Waals surface area contributed by atoms with Crippen LogP contribution in [0.4, 0.5) is 0 Å². The molecule has 6 nitrogen and oxygen atoms in total. The number of ether oxygens (including phenoxy) is 1. The smallest absolute Gasteiger partial charge is 0.224 e.